The van der Waals surface area contributed by atoms with Crippen LogP contribution in [0.1, 0.15) is 49.9 Å². The van der Waals surface area contributed by atoms with Crippen LogP contribution in [-0.4, -0.2) is 74.0 Å². The summed E-state index contributed by atoms with van der Waals surface area (Å²) in [6.07, 6.45) is 9.10. The molecule has 2 atom stereocenters. The first kappa shape index (κ1) is 28.2. The molecule has 12 heteroatoms. The number of rotatable bonds is 6. The molecular weight excluding hydrogens is 545 g/mol. The van der Waals surface area contributed by atoms with Crippen molar-refractivity contribution in [2.75, 3.05) is 31.1 Å². The first-order valence-corrected chi connectivity index (χ1v) is 14.5. The number of piperidine rings is 1. The summed E-state index contributed by atoms with van der Waals surface area (Å²) in [5.74, 6) is 0.752. The van der Waals surface area contributed by atoms with Gasteiger partial charge in [0.1, 0.15) is 5.69 Å². The van der Waals surface area contributed by atoms with Crippen LogP contribution in [0.25, 0.3) is 17.0 Å². The molecule has 1 amide bonds. The van der Waals surface area contributed by atoms with E-state index in [-0.39, 0.29) is 23.8 Å². The van der Waals surface area contributed by atoms with Crippen LogP contribution in [0.2, 0.25) is 0 Å². The molecule has 0 aromatic carbocycles. The van der Waals surface area contributed by atoms with Crippen LogP contribution in [0.3, 0.4) is 0 Å². The fraction of sp³-hybridized carbons (Fsp3) is 0.467. The number of anilines is 1. The summed E-state index contributed by atoms with van der Waals surface area (Å²) in [7, 11) is 0. The molecule has 6 rings (SSSR count). The Morgan fingerprint density at radius 2 is 1.71 bits per heavy atom. The van der Waals surface area contributed by atoms with Gasteiger partial charge in [-0.3, -0.25) is 9.78 Å². The summed E-state index contributed by atoms with van der Waals surface area (Å²) in [4.78, 5) is 37.9. The third-order valence-corrected chi connectivity index (χ3v) is 8.36. The third-order valence-electron chi connectivity index (χ3n) is 8.36. The molecular formula is C30H33F3N8O. The number of carbonyl (C=O) groups is 1. The minimum atomic E-state index is -4.51. The Bertz CT molecular complexity index is 1410. The Hall–Kier alpha value is -3.93. The molecule has 1 aliphatic carbocycles. The van der Waals surface area contributed by atoms with Crippen LogP contribution in [-0.2, 0) is 11.0 Å². The molecule has 3 aliphatic rings. The lowest BCUT2D eigenvalue weighted by Gasteiger charge is -2.33. The Morgan fingerprint density at radius 3 is 2.40 bits per heavy atom. The summed E-state index contributed by atoms with van der Waals surface area (Å²) in [6, 6.07) is 7.33. The van der Waals surface area contributed by atoms with Gasteiger partial charge in [0.15, 0.2) is 5.82 Å². The highest BCUT2D eigenvalue weighted by atomic mass is 19.4. The number of carbonyl (C=O) groups excluding carboxylic acids is 1. The maximum Gasteiger partial charge on any atom is 0.433 e. The van der Waals surface area contributed by atoms with Gasteiger partial charge in [-0.25, -0.2) is 19.9 Å². The predicted octanol–water partition coefficient (Wildman–Crippen LogP) is 4.39. The highest BCUT2D eigenvalue weighted by Gasteiger charge is 2.36. The maximum atomic E-state index is 13.3. The zero-order chi connectivity index (χ0) is 29.1. The number of allylic oxidation sites excluding steroid dienone is 1. The van der Waals surface area contributed by atoms with Gasteiger partial charge in [-0.15, -0.1) is 0 Å². The number of nitrogens with one attached hydrogen (secondary N) is 1. The van der Waals surface area contributed by atoms with Crippen molar-refractivity contribution >= 4 is 17.4 Å². The zero-order valence-corrected chi connectivity index (χ0v) is 23.2. The molecule has 0 saturated carbocycles. The zero-order valence-electron chi connectivity index (χ0n) is 23.2. The number of halogens is 3. The second kappa shape index (κ2) is 12.1. The average molecular weight is 579 g/mol. The molecule has 1 unspecified atom stereocenters. The largest absolute Gasteiger partial charge is 0.433 e. The molecule has 2 aliphatic heterocycles. The van der Waals surface area contributed by atoms with Crippen LogP contribution < -0.4 is 10.2 Å². The number of amides is 1. The number of hydrogen-bond acceptors (Lipinski definition) is 8. The Morgan fingerprint density at radius 1 is 0.905 bits per heavy atom. The van der Waals surface area contributed by atoms with Crippen molar-refractivity contribution in [1.29, 1.82) is 0 Å². The van der Waals surface area contributed by atoms with Crippen LogP contribution in [0, 0.1) is 5.92 Å². The lowest BCUT2D eigenvalue weighted by atomic mass is 9.92. The molecule has 42 heavy (non-hydrogen) atoms. The summed E-state index contributed by atoms with van der Waals surface area (Å²) in [6.45, 7) is 2.33. The van der Waals surface area contributed by atoms with Crippen molar-refractivity contribution in [3.05, 3.63) is 66.5 Å². The Kier molecular flexibility index (Phi) is 8.14. The van der Waals surface area contributed by atoms with Gasteiger partial charge in [-0.1, -0.05) is 6.08 Å². The second-order valence-electron chi connectivity index (χ2n) is 11.1. The standard InChI is InChI=1S/C30H33F3N8O/c31-30(32,33)26-8-14-36-29(39-26)40-15-9-21(10-16-40)28(42)41-17-11-24(19-41)38-23-5-2-20(3-6-23)25-7-4-22(18-37-25)27-34-12-1-13-35-27/h1-2,4,7-8,12-14,18,21,23-24,38H,3,5-6,9-11,15-17,19H2/t23?,24-/m0/s1. The second-order valence-corrected chi connectivity index (χ2v) is 11.1. The first-order valence-electron chi connectivity index (χ1n) is 14.5. The summed E-state index contributed by atoms with van der Waals surface area (Å²) in [5, 5.41) is 3.76. The van der Waals surface area contributed by atoms with Gasteiger partial charge in [-0.05, 0) is 68.4 Å². The van der Waals surface area contributed by atoms with Crippen LogP contribution in [0.15, 0.2) is 55.1 Å². The van der Waals surface area contributed by atoms with Gasteiger partial charge in [0.25, 0.3) is 0 Å². The van der Waals surface area contributed by atoms with Crippen molar-refractivity contribution in [2.24, 2.45) is 5.92 Å². The molecule has 220 valence electrons. The highest BCUT2D eigenvalue weighted by molar-refractivity contribution is 5.79. The molecule has 0 bridgehead atoms. The van der Waals surface area contributed by atoms with Gasteiger partial charge in [0.05, 0.1) is 5.69 Å². The smallest absolute Gasteiger partial charge is 0.341 e. The van der Waals surface area contributed by atoms with Crippen molar-refractivity contribution in [1.82, 2.24) is 35.1 Å². The van der Waals surface area contributed by atoms with E-state index in [1.54, 1.807) is 23.4 Å². The number of hydrogen-bond donors (Lipinski definition) is 1. The molecule has 0 radical (unpaired) electrons. The Labute approximate surface area is 242 Å². The van der Waals surface area contributed by atoms with E-state index in [0.29, 0.717) is 44.3 Å². The molecule has 1 N–H and O–H groups in total. The SMILES string of the molecule is O=C(C1CCN(c2nccc(C(F)(F)F)n2)CC1)N1CC[C@H](NC2CC=C(c3ccc(-c4ncccn4)cn3)CC2)C1. The van der Waals surface area contributed by atoms with Gasteiger partial charge < -0.3 is 15.1 Å². The predicted molar refractivity (Wildman–Crippen MR) is 151 cm³/mol. The van der Waals surface area contributed by atoms with Gasteiger partial charge in [0.2, 0.25) is 11.9 Å². The van der Waals surface area contributed by atoms with Crippen LogP contribution in [0.5, 0.6) is 0 Å². The summed E-state index contributed by atoms with van der Waals surface area (Å²) in [5.41, 5.74) is 2.18. The minimum absolute atomic E-state index is 0.0698. The lowest BCUT2D eigenvalue weighted by Crippen LogP contribution is -2.44. The van der Waals surface area contributed by atoms with E-state index < -0.39 is 11.9 Å². The summed E-state index contributed by atoms with van der Waals surface area (Å²) >= 11 is 0. The molecule has 3 aromatic rings. The van der Waals surface area contributed by atoms with Crippen molar-refractivity contribution in [2.45, 2.75) is 56.8 Å². The number of aromatic nitrogens is 5. The van der Waals surface area contributed by atoms with Crippen LogP contribution >= 0.6 is 0 Å². The monoisotopic (exact) mass is 578 g/mol. The van der Waals surface area contributed by atoms with Crippen molar-refractivity contribution < 1.29 is 18.0 Å². The fourth-order valence-corrected chi connectivity index (χ4v) is 6.06. The van der Waals surface area contributed by atoms with Crippen molar-refractivity contribution in [3.63, 3.8) is 0 Å². The lowest BCUT2D eigenvalue weighted by molar-refractivity contribution is -0.141. The molecule has 0 spiro atoms. The quantitative estimate of drug-likeness (QED) is 0.460. The van der Waals surface area contributed by atoms with E-state index in [4.69, 9.17) is 0 Å². The molecule has 2 saturated heterocycles. The first-order chi connectivity index (χ1) is 20.3. The van der Waals surface area contributed by atoms with Crippen LogP contribution in [0.4, 0.5) is 19.1 Å². The van der Waals surface area contributed by atoms with E-state index in [0.717, 1.165) is 55.7 Å². The molecule has 5 heterocycles. The highest BCUT2D eigenvalue weighted by Crippen LogP contribution is 2.31. The topological polar surface area (TPSA) is 100 Å². The average Bonchev–Trinajstić information content (AvgIpc) is 3.50. The number of likely N-dealkylation sites (tertiary alicyclic amines) is 1. The molecule has 2 fully saturated rings. The van der Waals surface area contributed by atoms with E-state index >= 15 is 0 Å². The molecule has 3 aromatic heterocycles. The van der Waals surface area contributed by atoms with E-state index in [1.165, 1.54) is 5.57 Å². The summed E-state index contributed by atoms with van der Waals surface area (Å²) < 4.78 is 39.1. The maximum absolute atomic E-state index is 13.3. The molecule has 9 nitrogen and oxygen atoms in total. The number of alkyl halides is 3. The number of pyridine rings is 1. The van der Waals surface area contributed by atoms with E-state index in [2.05, 4.69) is 36.3 Å². The van der Waals surface area contributed by atoms with Gasteiger partial charge in [0, 0.05) is 74.5 Å². The Balaban J connectivity index is 0.960. The van der Waals surface area contributed by atoms with E-state index in [9.17, 15) is 18.0 Å². The van der Waals surface area contributed by atoms with E-state index in [1.807, 2.05) is 23.2 Å². The van der Waals surface area contributed by atoms with Gasteiger partial charge in [-0.2, -0.15) is 13.2 Å². The normalized spacial score (nSPS) is 21.8. The van der Waals surface area contributed by atoms with Crippen molar-refractivity contribution in [3.8, 4) is 11.4 Å². The fourth-order valence-electron chi connectivity index (χ4n) is 6.06. The number of nitrogens with zero attached hydrogens (tertiary/aromatic N) is 7. The minimum Gasteiger partial charge on any atom is -0.341 e. The van der Waals surface area contributed by atoms with Gasteiger partial charge >= 0.3 is 6.18 Å². The third kappa shape index (κ3) is 6.43.